The zero-order valence-electron chi connectivity index (χ0n) is 8.89. The molecule has 1 N–H and O–H groups in total. The van der Waals surface area contributed by atoms with Gasteiger partial charge < -0.3 is 0 Å². The summed E-state index contributed by atoms with van der Waals surface area (Å²) >= 11 is 7.21. The molecule has 1 aromatic carbocycles. The Morgan fingerprint density at radius 2 is 1.94 bits per heavy atom. The molecule has 0 amide bonds. The van der Waals surface area contributed by atoms with Gasteiger partial charge in [-0.15, -0.1) is 0 Å². The van der Waals surface area contributed by atoms with Crippen molar-refractivity contribution >= 4 is 34.4 Å². The molecule has 0 aliphatic carbocycles. The summed E-state index contributed by atoms with van der Waals surface area (Å²) in [5.41, 5.74) is 0.583. The Hall–Kier alpha value is -1.66. The number of aromatic nitrogens is 4. The number of benzene rings is 1. The quantitative estimate of drug-likeness (QED) is 0.578. The minimum absolute atomic E-state index is 0.149. The summed E-state index contributed by atoms with van der Waals surface area (Å²) in [6.07, 6.45) is 1.64. The van der Waals surface area contributed by atoms with Gasteiger partial charge in [-0.25, -0.2) is 9.37 Å². The van der Waals surface area contributed by atoms with E-state index in [1.165, 1.54) is 23.9 Å². The van der Waals surface area contributed by atoms with Crippen LogP contribution >= 0.6 is 23.4 Å². The number of aromatic amines is 1. The largest absolute Gasteiger partial charge is 0.261 e. The van der Waals surface area contributed by atoms with Gasteiger partial charge in [0.05, 0.1) is 11.6 Å². The van der Waals surface area contributed by atoms with Crippen molar-refractivity contribution in [1.29, 1.82) is 0 Å². The van der Waals surface area contributed by atoms with Crippen molar-refractivity contribution in [2.45, 2.75) is 9.92 Å². The van der Waals surface area contributed by atoms with Crippen LogP contribution in [0.5, 0.6) is 0 Å². The molecule has 0 bridgehead atoms. The first-order valence-electron chi connectivity index (χ1n) is 5.02. The number of halogens is 2. The van der Waals surface area contributed by atoms with Crippen LogP contribution in [0.1, 0.15) is 0 Å². The van der Waals surface area contributed by atoms with Crippen molar-refractivity contribution in [3.8, 4) is 0 Å². The third-order valence-corrected chi connectivity index (χ3v) is 3.46. The number of hydrogen-bond donors (Lipinski definition) is 1. The topological polar surface area (TPSA) is 54.5 Å². The highest BCUT2D eigenvalue weighted by Crippen LogP contribution is 2.31. The SMILES string of the molecule is Fc1ccc(Sc2nc(Cl)nc3[nH]ncc23)cc1. The van der Waals surface area contributed by atoms with Crippen molar-refractivity contribution in [3.05, 3.63) is 41.6 Å². The van der Waals surface area contributed by atoms with Gasteiger partial charge in [-0.1, -0.05) is 11.8 Å². The average molecular weight is 281 g/mol. The van der Waals surface area contributed by atoms with Crippen LogP contribution in [0, 0.1) is 5.82 Å². The van der Waals surface area contributed by atoms with Crippen LogP contribution in [0.4, 0.5) is 4.39 Å². The molecule has 3 aromatic rings. The molecule has 0 fully saturated rings. The number of nitrogens with one attached hydrogen (secondary N) is 1. The Morgan fingerprint density at radius 3 is 2.72 bits per heavy atom. The second-order valence-electron chi connectivity index (χ2n) is 3.49. The predicted molar refractivity (Wildman–Crippen MR) is 67.2 cm³/mol. The molecule has 4 nitrogen and oxygen atoms in total. The van der Waals surface area contributed by atoms with E-state index in [4.69, 9.17) is 11.6 Å². The summed E-state index contributed by atoms with van der Waals surface area (Å²) in [5.74, 6) is -0.270. The summed E-state index contributed by atoms with van der Waals surface area (Å²) in [6.45, 7) is 0. The molecule has 0 atom stereocenters. The lowest BCUT2D eigenvalue weighted by Crippen LogP contribution is -1.87. The fourth-order valence-electron chi connectivity index (χ4n) is 1.47. The minimum atomic E-state index is -0.270. The Bertz CT molecular complexity index is 698. The average Bonchev–Trinajstić information content (AvgIpc) is 2.80. The van der Waals surface area contributed by atoms with Crippen LogP contribution in [0.15, 0.2) is 40.4 Å². The molecule has 0 radical (unpaired) electrons. The van der Waals surface area contributed by atoms with Gasteiger partial charge in [0.15, 0.2) is 5.65 Å². The molecule has 0 saturated carbocycles. The summed E-state index contributed by atoms with van der Waals surface area (Å²) < 4.78 is 12.8. The van der Waals surface area contributed by atoms with E-state index in [0.29, 0.717) is 10.7 Å². The molecule has 2 aromatic heterocycles. The number of fused-ring (bicyclic) bond motifs is 1. The molecule has 7 heteroatoms. The summed E-state index contributed by atoms with van der Waals surface area (Å²) in [4.78, 5) is 9.04. The molecule has 2 heterocycles. The van der Waals surface area contributed by atoms with Crippen LogP contribution in [-0.2, 0) is 0 Å². The van der Waals surface area contributed by atoms with Gasteiger partial charge in [-0.3, -0.25) is 5.10 Å². The summed E-state index contributed by atoms with van der Waals surface area (Å²) in [6, 6.07) is 6.17. The number of H-pyrrole nitrogens is 1. The first kappa shape index (κ1) is 11.4. The molecule has 90 valence electrons. The predicted octanol–water partition coefficient (Wildman–Crippen LogP) is 3.30. The molecular weight excluding hydrogens is 275 g/mol. The molecule has 0 unspecified atom stereocenters. The Morgan fingerprint density at radius 1 is 1.17 bits per heavy atom. The van der Waals surface area contributed by atoms with Crippen LogP contribution in [0.2, 0.25) is 5.28 Å². The summed E-state index contributed by atoms with van der Waals surface area (Å²) in [7, 11) is 0. The van der Waals surface area contributed by atoms with Gasteiger partial charge in [-0.05, 0) is 35.9 Å². The lowest BCUT2D eigenvalue weighted by molar-refractivity contribution is 0.626. The maximum atomic E-state index is 12.8. The summed E-state index contributed by atoms with van der Waals surface area (Å²) in [5, 5.41) is 8.26. The van der Waals surface area contributed by atoms with E-state index < -0.39 is 0 Å². The van der Waals surface area contributed by atoms with Crippen molar-refractivity contribution in [3.63, 3.8) is 0 Å². The van der Waals surface area contributed by atoms with Crippen molar-refractivity contribution in [2.24, 2.45) is 0 Å². The van der Waals surface area contributed by atoms with Gasteiger partial charge in [-0.2, -0.15) is 10.1 Å². The number of nitrogens with zero attached hydrogens (tertiary/aromatic N) is 3. The van der Waals surface area contributed by atoms with E-state index >= 15 is 0 Å². The Balaban J connectivity index is 2.03. The van der Waals surface area contributed by atoms with Crippen molar-refractivity contribution in [1.82, 2.24) is 20.2 Å². The molecule has 0 aliphatic heterocycles. The van der Waals surface area contributed by atoms with E-state index in [0.717, 1.165) is 10.3 Å². The van der Waals surface area contributed by atoms with E-state index in [9.17, 15) is 4.39 Å². The Labute approximate surface area is 111 Å². The van der Waals surface area contributed by atoms with Gasteiger partial charge in [0.25, 0.3) is 0 Å². The standard InChI is InChI=1S/C11H6ClFN4S/c12-11-15-9-8(5-14-17-9)10(16-11)18-7-3-1-6(13)2-4-7/h1-5H,(H,14,15,16,17). The highest BCUT2D eigenvalue weighted by atomic mass is 35.5. The highest BCUT2D eigenvalue weighted by molar-refractivity contribution is 7.99. The van der Waals surface area contributed by atoms with Gasteiger partial charge in [0, 0.05) is 4.90 Å². The molecular formula is C11H6ClFN4S. The third-order valence-electron chi connectivity index (χ3n) is 2.28. The van der Waals surface area contributed by atoms with Gasteiger partial charge in [0.2, 0.25) is 5.28 Å². The van der Waals surface area contributed by atoms with E-state index in [2.05, 4.69) is 20.2 Å². The minimum Gasteiger partial charge on any atom is -0.261 e. The maximum Gasteiger partial charge on any atom is 0.225 e. The van der Waals surface area contributed by atoms with Crippen LogP contribution < -0.4 is 0 Å². The van der Waals surface area contributed by atoms with Crippen LogP contribution in [0.3, 0.4) is 0 Å². The highest BCUT2D eigenvalue weighted by Gasteiger charge is 2.09. The molecule has 0 aliphatic rings. The first-order chi connectivity index (χ1) is 8.72. The number of hydrogen-bond acceptors (Lipinski definition) is 4. The second-order valence-corrected chi connectivity index (χ2v) is 4.89. The fraction of sp³-hybridized carbons (Fsp3) is 0. The number of rotatable bonds is 2. The van der Waals surface area contributed by atoms with E-state index in [1.807, 2.05) is 0 Å². The van der Waals surface area contributed by atoms with Crippen LogP contribution in [0.25, 0.3) is 11.0 Å². The van der Waals surface area contributed by atoms with Gasteiger partial charge >= 0.3 is 0 Å². The van der Waals surface area contributed by atoms with E-state index in [1.54, 1.807) is 18.3 Å². The van der Waals surface area contributed by atoms with Crippen molar-refractivity contribution < 1.29 is 4.39 Å². The van der Waals surface area contributed by atoms with Crippen molar-refractivity contribution in [2.75, 3.05) is 0 Å². The zero-order valence-corrected chi connectivity index (χ0v) is 10.5. The maximum absolute atomic E-state index is 12.8. The van der Waals surface area contributed by atoms with E-state index in [-0.39, 0.29) is 11.1 Å². The fourth-order valence-corrected chi connectivity index (χ4v) is 2.58. The van der Waals surface area contributed by atoms with Gasteiger partial charge in [0.1, 0.15) is 10.8 Å². The normalized spacial score (nSPS) is 11.0. The molecule has 0 spiro atoms. The third kappa shape index (κ3) is 2.16. The first-order valence-corrected chi connectivity index (χ1v) is 6.22. The Kier molecular flexibility index (Phi) is 2.89. The zero-order chi connectivity index (χ0) is 12.5. The monoisotopic (exact) mass is 280 g/mol. The second kappa shape index (κ2) is 4.55. The smallest absolute Gasteiger partial charge is 0.225 e. The van der Waals surface area contributed by atoms with Crippen LogP contribution in [-0.4, -0.2) is 20.2 Å². The molecule has 18 heavy (non-hydrogen) atoms. The lowest BCUT2D eigenvalue weighted by atomic mass is 10.4. The lowest BCUT2D eigenvalue weighted by Gasteiger charge is -2.02. The molecule has 3 rings (SSSR count). The molecule has 0 saturated heterocycles.